The van der Waals surface area contributed by atoms with Crippen molar-refractivity contribution >= 4 is 29.1 Å². The molecule has 1 amide bonds. The molecular weight excluding hydrogens is 473 g/mol. The van der Waals surface area contributed by atoms with Gasteiger partial charge < -0.3 is 14.8 Å². The molecule has 0 saturated carbocycles. The molecule has 0 aliphatic carbocycles. The summed E-state index contributed by atoms with van der Waals surface area (Å²) < 4.78 is 12.2. The number of aromatic nitrogens is 2. The van der Waals surface area contributed by atoms with Gasteiger partial charge in [-0.25, -0.2) is 4.68 Å². The highest BCUT2D eigenvalue weighted by molar-refractivity contribution is 6.33. The Morgan fingerprint density at radius 3 is 2.38 bits per heavy atom. The highest BCUT2D eigenvalue weighted by Gasteiger charge is 2.19. The van der Waals surface area contributed by atoms with E-state index >= 15 is 0 Å². The third-order valence-corrected chi connectivity index (χ3v) is 5.89. The lowest BCUT2D eigenvalue weighted by Gasteiger charge is -2.11. The van der Waals surface area contributed by atoms with Crippen LogP contribution in [0.2, 0.25) is 10.0 Å². The van der Waals surface area contributed by atoms with Crippen LogP contribution in [-0.4, -0.2) is 36.5 Å². The Balaban J connectivity index is 1.57. The zero-order valence-electron chi connectivity index (χ0n) is 18.7. The van der Waals surface area contributed by atoms with Gasteiger partial charge in [0.1, 0.15) is 5.69 Å². The van der Waals surface area contributed by atoms with Crippen LogP contribution in [0.5, 0.6) is 11.5 Å². The Labute approximate surface area is 208 Å². The number of amides is 1. The summed E-state index contributed by atoms with van der Waals surface area (Å²) in [4.78, 5) is 13.2. The van der Waals surface area contributed by atoms with Gasteiger partial charge in [-0.3, -0.25) is 4.79 Å². The molecule has 8 heteroatoms. The van der Waals surface area contributed by atoms with E-state index in [1.807, 2.05) is 48.5 Å². The third kappa shape index (κ3) is 5.19. The molecule has 0 atom stereocenters. The molecule has 1 N–H and O–H groups in total. The number of hydrogen-bond acceptors (Lipinski definition) is 4. The van der Waals surface area contributed by atoms with Gasteiger partial charge in [-0.1, -0.05) is 47.5 Å². The molecule has 34 heavy (non-hydrogen) atoms. The fourth-order valence-electron chi connectivity index (χ4n) is 3.57. The second kappa shape index (κ2) is 10.6. The van der Waals surface area contributed by atoms with E-state index in [1.165, 1.54) is 0 Å². The van der Waals surface area contributed by atoms with Crippen molar-refractivity contribution in [1.82, 2.24) is 15.1 Å². The molecule has 0 aliphatic rings. The van der Waals surface area contributed by atoms with Crippen LogP contribution >= 0.6 is 23.2 Å². The summed E-state index contributed by atoms with van der Waals surface area (Å²) in [6.07, 6.45) is 0.624. The zero-order valence-corrected chi connectivity index (χ0v) is 20.2. The molecule has 0 bridgehead atoms. The summed E-state index contributed by atoms with van der Waals surface area (Å²) in [6, 6.07) is 22.0. The summed E-state index contributed by atoms with van der Waals surface area (Å²) in [5, 5.41) is 8.81. The summed E-state index contributed by atoms with van der Waals surface area (Å²) in [6.45, 7) is 0.432. The Kier molecular flexibility index (Phi) is 7.40. The number of carbonyl (C=O) groups is 1. The molecule has 1 aromatic heterocycles. The Hall–Kier alpha value is -3.48. The van der Waals surface area contributed by atoms with Crippen molar-refractivity contribution < 1.29 is 14.3 Å². The number of carbonyl (C=O) groups excluding carboxylic acids is 1. The maximum atomic E-state index is 13.2. The third-order valence-electron chi connectivity index (χ3n) is 5.31. The molecule has 3 aromatic carbocycles. The molecule has 4 rings (SSSR count). The van der Waals surface area contributed by atoms with Crippen LogP contribution in [0.25, 0.3) is 16.9 Å². The molecular formula is C26H23Cl2N3O3. The highest BCUT2D eigenvalue weighted by Crippen LogP contribution is 2.29. The highest BCUT2D eigenvalue weighted by atomic mass is 35.5. The van der Waals surface area contributed by atoms with Crippen molar-refractivity contribution in [2.24, 2.45) is 0 Å². The SMILES string of the molecule is COc1ccc(CCNC(=O)c2cc(-c3ccccc3Cl)nn2-c2ccc(Cl)cc2)cc1OC. The lowest BCUT2D eigenvalue weighted by atomic mass is 10.1. The second-order valence-corrected chi connectivity index (χ2v) is 8.32. The molecule has 6 nitrogen and oxygen atoms in total. The number of benzene rings is 3. The van der Waals surface area contributed by atoms with E-state index in [4.69, 9.17) is 32.7 Å². The number of nitrogens with one attached hydrogen (secondary N) is 1. The molecule has 1 heterocycles. The molecule has 4 aromatic rings. The largest absolute Gasteiger partial charge is 0.493 e. The van der Waals surface area contributed by atoms with Crippen LogP contribution in [0.4, 0.5) is 0 Å². The van der Waals surface area contributed by atoms with E-state index in [2.05, 4.69) is 10.4 Å². The van der Waals surface area contributed by atoms with E-state index in [-0.39, 0.29) is 5.91 Å². The molecule has 0 fully saturated rings. The van der Waals surface area contributed by atoms with E-state index < -0.39 is 0 Å². The fraction of sp³-hybridized carbons (Fsp3) is 0.154. The molecule has 0 saturated heterocycles. The zero-order chi connectivity index (χ0) is 24.1. The molecule has 0 spiro atoms. The summed E-state index contributed by atoms with van der Waals surface area (Å²) in [7, 11) is 3.19. The molecule has 174 valence electrons. The first-order chi connectivity index (χ1) is 16.5. The standard InChI is InChI=1S/C26H23Cl2N3O3/c1-33-24-12-7-17(15-25(24)34-2)13-14-29-26(32)23-16-22(20-5-3-4-6-21(20)28)30-31(23)19-10-8-18(27)9-11-19/h3-12,15-16H,13-14H2,1-2H3,(H,29,32). The van der Waals surface area contributed by atoms with Gasteiger partial charge in [0.15, 0.2) is 11.5 Å². The van der Waals surface area contributed by atoms with Gasteiger partial charge in [0.2, 0.25) is 0 Å². The van der Waals surface area contributed by atoms with Crippen LogP contribution in [-0.2, 0) is 6.42 Å². The van der Waals surface area contributed by atoms with Gasteiger partial charge in [0.25, 0.3) is 5.91 Å². The van der Waals surface area contributed by atoms with E-state index in [0.717, 1.165) is 11.1 Å². The topological polar surface area (TPSA) is 65.4 Å². The van der Waals surface area contributed by atoms with Crippen LogP contribution in [0, 0.1) is 0 Å². The van der Waals surface area contributed by atoms with Crippen molar-refractivity contribution in [3.63, 3.8) is 0 Å². The van der Waals surface area contributed by atoms with Crippen molar-refractivity contribution in [1.29, 1.82) is 0 Å². The van der Waals surface area contributed by atoms with E-state index in [0.29, 0.717) is 51.6 Å². The van der Waals surface area contributed by atoms with E-state index in [1.54, 1.807) is 43.2 Å². The number of methoxy groups -OCH3 is 2. The predicted octanol–water partition coefficient (Wildman–Crippen LogP) is 5.84. The van der Waals surface area contributed by atoms with Crippen molar-refractivity contribution in [3.8, 4) is 28.4 Å². The minimum Gasteiger partial charge on any atom is -0.493 e. The Morgan fingerprint density at radius 2 is 1.68 bits per heavy atom. The van der Waals surface area contributed by atoms with Crippen molar-refractivity contribution in [2.75, 3.05) is 20.8 Å². The van der Waals surface area contributed by atoms with Crippen molar-refractivity contribution in [3.05, 3.63) is 94.1 Å². The maximum Gasteiger partial charge on any atom is 0.270 e. The summed E-state index contributed by atoms with van der Waals surface area (Å²) >= 11 is 12.4. The molecule has 0 aliphatic heterocycles. The van der Waals surface area contributed by atoms with Crippen molar-refractivity contribution in [2.45, 2.75) is 6.42 Å². The number of hydrogen-bond donors (Lipinski definition) is 1. The van der Waals surface area contributed by atoms with Gasteiger partial charge in [0, 0.05) is 17.1 Å². The fourth-order valence-corrected chi connectivity index (χ4v) is 3.93. The predicted molar refractivity (Wildman–Crippen MR) is 135 cm³/mol. The van der Waals surface area contributed by atoms with Crippen LogP contribution in [0.15, 0.2) is 72.8 Å². The monoisotopic (exact) mass is 495 g/mol. The van der Waals surface area contributed by atoms with Crippen LogP contribution in [0.3, 0.4) is 0 Å². The minimum absolute atomic E-state index is 0.249. The first-order valence-corrected chi connectivity index (χ1v) is 11.4. The smallest absolute Gasteiger partial charge is 0.270 e. The van der Waals surface area contributed by atoms with Gasteiger partial charge >= 0.3 is 0 Å². The first-order valence-electron chi connectivity index (χ1n) is 10.6. The lowest BCUT2D eigenvalue weighted by Crippen LogP contribution is -2.27. The van der Waals surface area contributed by atoms with Gasteiger partial charge in [0.05, 0.1) is 30.6 Å². The first kappa shape index (κ1) is 23.7. The summed E-state index contributed by atoms with van der Waals surface area (Å²) in [5.41, 5.74) is 3.47. The van der Waals surface area contributed by atoms with Gasteiger partial charge in [-0.2, -0.15) is 5.10 Å². The number of nitrogens with zero attached hydrogens (tertiary/aromatic N) is 2. The molecule has 0 radical (unpaired) electrons. The van der Waals surface area contributed by atoms with E-state index in [9.17, 15) is 4.79 Å². The average Bonchev–Trinajstić information content (AvgIpc) is 3.30. The Bertz CT molecular complexity index is 1300. The lowest BCUT2D eigenvalue weighted by molar-refractivity contribution is 0.0946. The van der Waals surface area contributed by atoms with Gasteiger partial charge in [-0.05, 0) is 60.5 Å². The summed E-state index contributed by atoms with van der Waals surface area (Å²) in [5.74, 6) is 1.06. The quantitative estimate of drug-likeness (QED) is 0.333. The van der Waals surface area contributed by atoms with Crippen LogP contribution < -0.4 is 14.8 Å². The maximum absolute atomic E-state index is 13.2. The number of rotatable bonds is 8. The Morgan fingerprint density at radius 1 is 0.941 bits per heavy atom. The van der Waals surface area contributed by atoms with Crippen LogP contribution in [0.1, 0.15) is 16.1 Å². The minimum atomic E-state index is -0.249. The average molecular weight is 496 g/mol. The van der Waals surface area contributed by atoms with Gasteiger partial charge in [-0.15, -0.1) is 0 Å². The molecule has 0 unspecified atom stereocenters. The normalized spacial score (nSPS) is 10.7. The second-order valence-electron chi connectivity index (χ2n) is 7.48. The number of halogens is 2. The number of ether oxygens (including phenoxy) is 2.